The second-order valence-electron chi connectivity index (χ2n) is 9.25. The van der Waals surface area contributed by atoms with Crippen molar-refractivity contribution >= 4 is 34.1 Å². The van der Waals surface area contributed by atoms with E-state index in [0.717, 1.165) is 39.1 Å². The maximum atomic E-state index is 12.9. The minimum Gasteiger partial charge on any atom is -0.350 e. The summed E-state index contributed by atoms with van der Waals surface area (Å²) in [6.45, 7) is 5.95. The third-order valence-electron chi connectivity index (χ3n) is 6.68. The van der Waals surface area contributed by atoms with E-state index < -0.39 is 0 Å². The lowest BCUT2D eigenvalue weighted by Crippen LogP contribution is -2.27. The van der Waals surface area contributed by atoms with Crippen LogP contribution < -0.4 is 10.6 Å². The molecule has 0 saturated carbocycles. The zero-order chi connectivity index (χ0) is 25.9. The number of carbonyl (C=O) groups excluding carboxylic acids is 2. The molecule has 7 heteroatoms. The van der Waals surface area contributed by atoms with Gasteiger partial charge in [-0.15, -0.1) is 0 Å². The van der Waals surface area contributed by atoms with Gasteiger partial charge in [0.15, 0.2) is 5.65 Å². The highest BCUT2D eigenvalue weighted by molar-refractivity contribution is 6.04. The number of amides is 2. The number of fused-ring (bicyclic) bond motifs is 3. The molecule has 5 aromatic rings. The summed E-state index contributed by atoms with van der Waals surface area (Å²) in [5, 5.41) is 11.7. The molecule has 1 atom stereocenters. The van der Waals surface area contributed by atoms with Crippen molar-refractivity contribution < 1.29 is 9.59 Å². The van der Waals surface area contributed by atoms with E-state index in [9.17, 15) is 9.59 Å². The minimum atomic E-state index is -0.208. The van der Waals surface area contributed by atoms with Gasteiger partial charge in [0.25, 0.3) is 5.91 Å². The minimum absolute atomic E-state index is 0.0456. The van der Waals surface area contributed by atoms with Gasteiger partial charge >= 0.3 is 0 Å². The van der Waals surface area contributed by atoms with Crippen LogP contribution in [0.2, 0.25) is 0 Å². The van der Waals surface area contributed by atoms with E-state index in [-0.39, 0.29) is 17.9 Å². The number of aromatic nitrogens is 3. The SMILES string of the molecule is Cc1nc2c3ccccc3nn2c(C)c1CCC(=O)NC(C)c1cccc(NC(=O)c2ccccc2)c1. The van der Waals surface area contributed by atoms with Crippen LogP contribution in [0.1, 0.15) is 52.3 Å². The number of hydrogen-bond donors (Lipinski definition) is 2. The molecular formula is C30H29N5O2. The summed E-state index contributed by atoms with van der Waals surface area (Å²) >= 11 is 0. The van der Waals surface area contributed by atoms with Crippen molar-refractivity contribution in [2.75, 3.05) is 5.32 Å². The van der Waals surface area contributed by atoms with Gasteiger partial charge in [0.1, 0.15) is 0 Å². The van der Waals surface area contributed by atoms with Gasteiger partial charge in [0, 0.05) is 34.4 Å². The lowest BCUT2D eigenvalue weighted by atomic mass is 10.0. The van der Waals surface area contributed by atoms with E-state index in [2.05, 4.69) is 10.6 Å². The summed E-state index contributed by atoms with van der Waals surface area (Å²) in [7, 11) is 0. The first-order valence-electron chi connectivity index (χ1n) is 12.4. The zero-order valence-electron chi connectivity index (χ0n) is 21.2. The molecule has 0 radical (unpaired) electrons. The Bertz CT molecular complexity index is 1610. The Hall–Kier alpha value is -4.52. The third kappa shape index (κ3) is 5.07. The first-order valence-corrected chi connectivity index (χ1v) is 12.4. The molecule has 2 N–H and O–H groups in total. The summed E-state index contributed by atoms with van der Waals surface area (Å²) in [6.07, 6.45) is 0.910. The maximum absolute atomic E-state index is 12.9. The van der Waals surface area contributed by atoms with Crippen molar-refractivity contribution in [2.45, 2.75) is 39.7 Å². The molecule has 0 bridgehead atoms. The van der Waals surface area contributed by atoms with Crippen LogP contribution >= 0.6 is 0 Å². The van der Waals surface area contributed by atoms with Gasteiger partial charge in [-0.05, 0) is 74.7 Å². The predicted molar refractivity (Wildman–Crippen MR) is 146 cm³/mol. The Balaban J connectivity index is 1.24. The summed E-state index contributed by atoms with van der Waals surface area (Å²) in [4.78, 5) is 30.1. The molecular weight excluding hydrogens is 462 g/mol. The van der Waals surface area contributed by atoms with Gasteiger partial charge in [-0.1, -0.05) is 42.5 Å². The average molecular weight is 492 g/mol. The molecule has 0 fully saturated rings. The maximum Gasteiger partial charge on any atom is 0.255 e. The van der Waals surface area contributed by atoms with Crippen molar-refractivity contribution in [2.24, 2.45) is 0 Å². The fraction of sp³-hybridized carbons (Fsp3) is 0.200. The topological polar surface area (TPSA) is 88.4 Å². The average Bonchev–Trinajstić information content (AvgIpc) is 3.28. The Labute approximate surface area is 215 Å². The molecule has 0 aliphatic heterocycles. The highest BCUT2D eigenvalue weighted by Gasteiger charge is 2.16. The molecule has 2 heterocycles. The lowest BCUT2D eigenvalue weighted by molar-refractivity contribution is -0.121. The zero-order valence-corrected chi connectivity index (χ0v) is 21.2. The standard InChI is InChI=1S/C30H29N5O2/c1-19(23-12-9-13-24(18-23)33-30(37)22-10-5-4-6-11-22)31-28(36)17-16-25-20(2)32-29-26-14-7-8-15-27(26)34-35(29)21(25)3/h4-15,18-19H,16-17H2,1-3H3,(H,31,36)(H,33,37). The smallest absolute Gasteiger partial charge is 0.255 e. The van der Waals surface area contributed by atoms with Crippen LogP contribution in [-0.4, -0.2) is 26.4 Å². The van der Waals surface area contributed by atoms with E-state index in [1.807, 2.05) is 92.0 Å². The van der Waals surface area contributed by atoms with E-state index in [1.54, 1.807) is 12.1 Å². The van der Waals surface area contributed by atoms with Crippen LogP contribution in [0.25, 0.3) is 16.6 Å². The van der Waals surface area contributed by atoms with Gasteiger partial charge in [-0.25, -0.2) is 9.50 Å². The molecule has 0 aliphatic carbocycles. The second-order valence-corrected chi connectivity index (χ2v) is 9.25. The van der Waals surface area contributed by atoms with Gasteiger partial charge in [-0.2, -0.15) is 5.10 Å². The van der Waals surface area contributed by atoms with E-state index >= 15 is 0 Å². The van der Waals surface area contributed by atoms with Crippen LogP contribution in [0.3, 0.4) is 0 Å². The predicted octanol–water partition coefficient (Wildman–Crippen LogP) is 5.56. The van der Waals surface area contributed by atoms with Crippen molar-refractivity contribution in [3.05, 3.63) is 107 Å². The van der Waals surface area contributed by atoms with Crippen molar-refractivity contribution in [1.29, 1.82) is 0 Å². The Morgan fingerprint density at radius 2 is 1.70 bits per heavy atom. The van der Waals surface area contributed by atoms with Crippen LogP contribution in [-0.2, 0) is 11.2 Å². The first-order chi connectivity index (χ1) is 17.9. The van der Waals surface area contributed by atoms with Crippen LogP contribution in [0, 0.1) is 13.8 Å². The van der Waals surface area contributed by atoms with Gasteiger partial charge in [0.05, 0.1) is 11.6 Å². The quantitative estimate of drug-likeness (QED) is 0.312. The van der Waals surface area contributed by atoms with Crippen molar-refractivity contribution in [3.8, 4) is 0 Å². The molecule has 2 aromatic heterocycles. The van der Waals surface area contributed by atoms with Gasteiger partial charge in [0.2, 0.25) is 5.91 Å². The molecule has 0 saturated heterocycles. The summed E-state index contributed by atoms with van der Waals surface area (Å²) < 4.78 is 1.88. The molecule has 0 spiro atoms. The summed E-state index contributed by atoms with van der Waals surface area (Å²) in [5.74, 6) is -0.216. The lowest BCUT2D eigenvalue weighted by Gasteiger charge is -2.16. The largest absolute Gasteiger partial charge is 0.350 e. The van der Waals surface area contributed by atoms with Crippen LogP contribution in [0.4, 0.5) is 5.69 Å². The van der Waals surface area contributed by atoms with Gasteiger partial charge < -0.3 is 10.6 Å². The Kier molecular flexibility index (Phi) is 6.68. The molecule has 186 valence electrons. The second kappa shape index (κ2) is 10.2. The number of nitrogens with zero attached hydrogens (tertiary/aromatic N) is 3. The summed E-state index contributed by atoms with van der Waals surface area (Å²) in [5.41, 5.74) is 6.89. The number of rotatable bonds is 7. The van der Waals surface area contributed by atoms with E-state index in [1.165, 1.54) is 0 Å². The molecule has 7 nitrogen and oxygen atoms in total. The molecule has 2 amide bonds. The molecule has 0 aliphatic rings. The van der Waals surface area contributed by atoms with Gasteiger partial charge in [-0.3, -0.25) is 9.59 Å². The number of anilines is 1. The molecule has 5 rings (SSSR count). The number of hydrogen-bond acceptors (Lipinski definition) is 4. The summed E-state index contributed by atoms with van der Waals surface area (Å²) in [6, 6.07) is 24.4. The molecule has 3 aromatic carbocycles. The third-order valence-corrected chi connectivity index (χ3v) is 6.68. The Morgan fingerprint density at radius 3 is 2.51 bits per heavy atom. The number of nitrogens with one attached hydrogen (secondary N) is 2. The number of aryl methyl sites for hydroxylation is 2. The monoisotopic (exact) mass is 491 g/mol. The van der Waals surface area contributed by atoms with Crippen molar-refractivity contribution in [1.82, 2.24) is 19.9 Å². The van der Waals surface area contributed by atoms with Crippen molar-refractivity contribution in [3.63, 3.8) is 0 Å². The fourth-order valence-electron chi connectivity index (χ4n) is 4.65. The highest BCUT2D eigenvalue weighted by atomic mass is 16.2. The van der Waals surface area contributed by atoms with Crippen LogP contribution in [0.15, 0.2) is 78.9 Å². The van der Waals surface area contributed by atoms with E-state index in [0.29, 0.717) is 24.1 Å². The first kappa shape index (κ1) is 24.2. The number of carbonyl (C=O) groups is 2. The fourth-order valence-corrected chi connectivity index (χ4v) is 4.65. The number of benzene rings is 3. The van der Waals surface area contributed by atoms with Crippen LogP contribution in [0.5, 0.6) is 0 Å². The highest BCUT2D eigenvalue weighted by Crippen LogP contribution is 2.23. The molecule has 1 unspecified atom stereocenters. The van der Waals surface area contributed by atoms with E-state index in [4.69, 9.17) is 10.1 Å². The molecule has 37 heavy (non-hydrogen) atoms. The normalized spacial score (nSPS) is 12.0. The Morgan fingerprint density at radius 1 is 0.946 bits per heavy atom.